The van der Waals surface area contributed by atoms with Crippen LogP contribution in [0.5, 0.6) is 5.75 Å². The van der Waals surface area contributed by atoms with Crippen molar-refractivity contribution in [3.63, 3.8) is 0 Å². The van der Waals surface area contributed by atoms with Gasteiger partial charge in [-0.3, -0.25) is 0 Å². The van der Waals surface area contributed by atoms with Crippen LogP contribution >= 0.6 is 11.8 Å². The van der Waals surface area contributed by atoms with Crippen LogP contribution in [0.3, 0.4) is 0 Å². The first-order valence-electron chi connectivity index (χ1n) is 6.10. The Hall–Kier alpha value is -0.630. The molecule has 0 bridgehead atoms. The molecule has 0 radical (unpaired) electrons. The SMILES string of the molecule is CC(C)CSC1C2Cc3cc(O)ccc3C21. The zero-order valence-electron chi connectivity index (χ0n) is 9.81. The Morgan fingerprint density at radius 2 is 2.25 bits per heavy atom. The van der Waals surface area contributed by atoms with Crippen molar-refractivity contribution in [3.8, 4) is 5.75 Å². The molecule has 0 saturated heterocycles. The third-order valence-electron chi connectivity index (χ3n) is 3.66. The van der Waals surface area contributed by atoms with Crippen LogP contribution in [-0.2, 0) is 6.42 Å². The van der Waals surface area contributed by atoms with Crippen molar-refractivity contribution < 1.29 is 5.11 Å². The van der Waals surface area contributed by atoms with E-state index in [1.807, 2.05) is 12.1 Å². The van der Waals surface area contributed by atoms with Gasteiger partial charge in [-0.1, -0.05) is 19.9 Å². The fraction of sp³-hybridized carbons (Fsp3) is 0.571. The van der Waals surface area contributed by atoms with E-state index in [4.69, 9.17) is 0 Å². The van der Waals surface area contributed by atoms with Crippen molar-refractivity contribution in [2.24, 2.45) is 11.8 Å². The summed E-state index contributed by atoms with van der Waals surface area (Å²) in [4.78, 5) is 0. The molecule has 1 aromatic carbocycles. The Balaban J connectivity index is 1.70. The minimum atomic E-state index is 0.423. The molecule has 3 unspecified atom stereocenters. The van der Waals surface area contributed by atoms with Gasteiger partial charge in [0.15, 0.2) is 0 Å². The van der Waals surface area contributed by atoms with Gasteiger partial charge in [-0.05, 0) is 47.3 Å². The van der Waals surface area contributed by atoms with E-state index in [2.05, 4.69) is 31.7 Å². The molecule has 2 aliphatic carbocycles. The second-order valence-electron chi connectivity index (χ2n) is 5.47. The molecule has 0 aliphatic heterocycles. The van der Waals surface area contributed by atoms with Crippen molar-refractivity contribution in [2.45, 2.75) is 31.4 Å². The summed E-state index contributed by atoms with van der Waals surface area (Å²) in [7, 11) is 0. The summed E-state index contributed by atoms with van der Waals surface area (Å²) in [6.07, 6.45) is 1.18. The van der Waals surface area contributed by atoms with Gasteiger partial charge in [0.2, 0.25) is 0 Å². The summed E-state index contributed by atoms with van der Waals surface area (Å²) in [6.45, 7) is 4.58. The predicted molar refractivity (Wildman–Crippen MR) is 69.1 cm³/mol. The molecule has 1 aromatic rings. The number of aromatic hydroxyl groups is 1. The average molecular weight is 234 g/mol. The highest BCUT2D eigenvalue weighted by Crippen LogP contribution is 2.62. The molecule has 3 atom stereocenters. The van der Waals surface area contributed by atoms with Crippen LogP contribution in [0.25, 0.3) is 0 Å². The zero-order valence-corrected chi connectivity index (χ0v) is 10.6. The van der Waals surface area contributed by atoms with Crippen LogP contribution in [-0.4, -0.2) is 16.1 Å². The molecule has 16 heavy (non-hydrogen) atoms. The van der Waals surface area contributed by atoms with Crippen LogP contribution in [0.2, 0.25) is 0 Å². The van der Waals surface area contributed by atoms with Crippen LogP contribution in [0.1, 0.15) is 30.9 Å². The first kappa shape index (κ1) is 10.5. The summed E-state index contributed by atoms with van der Waals surface area (Å²) < 4.78 is 0. The largest absolute Gasteiger partial charge is 0.508 e. The molecule has 0 amide bonds. The monoisotopic (exact) mass is 234 g/mol. The second kappa shape index (κ2) is 3.69. The van der Waals surface area contributed by atoms with Gasteiger partial charge >= 0.3 is 0 Å². The third-order valence-corrected chi connectivity index (χ3v) is 5.55. The van der Waals surface area contributed by atoms with Crippen LogP contribution < -0.4 is 0 Å². The smallest absolute Gasteiger partial charge is 0.115 e. The number of hydrogen-bond donors (Lipinski definition) is 1. The quantitative estimate of drug-likeness (QED) is 0.864. The molecule has 1 nitrogen and oxygen atoms in total. The van der Waals surface area contributed by atoms with Crippen LogP contribution in [0, 0.1) is 11.8 Å². The van der Waals surface area contributed by atoms with Crippen molar-refractivity contribution in [1.29, 1.82) is 0 Å². The first-order valence-corrected chi connectivity index (χ1v) is 7.15. The average Bonchev–Trinajstić information content (AvgIpc) is 2.76. The van der Waals surface area contributed by atoms with Crippen LogP contribution in [0.4, 0.5) is 0 Å². The van der Waals surface area contributed by atoms with E-state index in [0.29, 0.717) is 5.75 Å². The van der Waals surface area contributed by atoms with Gasteiger partial charge < -0.3 is 5.11 Å². The van der Waals surface area contributed by atoms with Crippen molar-refractivity contribution in [3.05, 3.63) is 29.3 Å². The van der Waals surface area contributed by atoms with E-state index in [-0.39, 0.29) is 0 Å². The lowest BCUT2D eigenvalue weighted by Gasteiger charge is -2.09. The lowest BCUT2D eigenvalue weighted by molar-refractivity contribution is 0.474. The Bertz CT molecular complexity index is 413. The summed E-state index contributed by atoms with van der Waals surface area (Å²) in [5.41, 5.74) is 2.89. The first-order chi connectivity index (χ1) is 7.66. The fourth-order valence-corrected chi connectivity index (χ4v) is 4.46. The highest BCUT2D eigenvalue weighted by Gasteiger charge is 2.55. The van der Waals surface area contributed by atoms with Crippen molar-refractivity contribution >= 4 is 11.8 Å². The topological polar surface area (TPSA) is 20.2 Å². The van der Waals surface area contributed by atoms with E-state index in [9.17, 15) is 5.11 Å². The van der Waals surface area contributed by atoms with Gasteiger partial charge in [0.25, 0.3) is 0 Å². The lowest BCUT2D eigenvalue weighted by atomic mass is 10.1. The Labute approximate surface area is 101 Å². The van der Waals surface area contributed by atoms with Gasteiger partial charge in [-0.15, -0.1) is 0 Å². The molecule has 0 heterocycles. The highest BCUT2D eigenvalue weighted by atomic mass is 32.2. The van der Waals surface area contributed by atoms with Gasteiger partial charge in [-0.25, -0.2) is 0 Å². The minimum absolute atomic E-state index is 0.423. The molecule has 1 fully saturated rings. The van der Waals surface area contributed by atoms with Crippen molar-refractivity contribution in [2.75, 3.05) is 5.75 Å². The maximum atomic E-state index is 9.43. The van der Waals surface area contributed by atoms with Crippen LogP contribution in [0.15, 0.2) is 18.2 Å². The van der Waals surface area contributed by atoms with Gasteiger partial charge in [-0.2, -0.15) is 11.8 Å². The molecule has 0 spiro atoms. The van der Waals surface area contributed by atoms with Gasteiger partial charge in [0.05, 0.1) is 0 Å². The van der Waals surface area contributed by atoms with E-state index >= 15 is 0 Å². The highest BCUT2D eigenvalue weighted by molar-refractivity contribution is 8.00. The van der Waals surface area contributed by atoms with Gasteiger partial charge in [0, 0.05) is 11.2 Å². The number of thioether (sulfide) groups is 1. The summed E-state index contributed by atoms with van der Waals surface area (Å²) in [6, 6.07) is 5.92. The maximum Gasteiger partial charge on any atom is 0.115 e. The predicted octanol–water partition coefficient (Wildman–Crippen LogP) is 3.42. The molecule has 2 aliphatic rings. The molecule has 86 valence electrons. The molecular formula is C14H18OS. The Morgan fingerprint density at radius 3 is 3.00 bits per heavy atom. The summed E-state index contributed by atoms with van der Waals surface area (Å²) in [5.74, 6) is 4.15. The number of fused-ring (bicyclic) bond motifs is 3. The Morgan fingerprint density at radius 1 is 1.44 bits per heavy atom. The summed E-state index contributed by atoms with van der Waals surface area (Å²) >= 11 is 2.15. The molecule has 2 heteroatoms. The van der Waals surface area contributed by atoms with E-state index < -0.39 is 0 Å². The van der Waals surface area contributed by atoms with E-state index in [1.54, 1.807) is 0 Å². The van der Waals surface area contributed by atoms with E-state index in [0.717, 1.165) is 23.0 Å². The van der Waals surface area contributed by atoms with Gasteiger partial charge in [0.1, 0.15) is 5.75 Å². The number of rotatable bonds is 3. The normalized spacial score (nSPS) is 30.3. The lowest BCUT2D eigenvalue weighted by Crippen LogP contribution is -1.98. The third kappa shape index (κ3) is 1.64. The standard InChI is InChI=1S/C14H18OS/c1-8(2)7-16-14-12-6-9-5-10(15)3-4-11(9)13(12)14/h3-5,8,12-15H,6-7H2,1-2H3. The Kier molecular flexibility index (Phi) is 2.43. The number of benzene rings is 1. The molecular weight excluding hydrogens is 216 g/mol. The molecule has 0 aromatic heterocycles. The van der Waals surface area contributed by atoms with Crippen molar-refractivity contribution in [1.82, 2.24) is 0 Å². The number of phenols is 1. The van der Waals surface area contributed by atoms with E-state index in [1.165, 1.54) is 23.3 Å². The molecule has 1 N–H and O–H groups in total. The number of hydrogen-bond acceptors (Lipinski definition) is 2. The molecule has 1 saturated carbocycles. The maximum absolute atomic E-state index is 9.43. The molecule has 3 rings (SSSR count). The number of phenolic OH excluding ortho intramolecular Hbond substituents is 1. The zero-order chi connectivity index (χ0) is 11.3. The second-order valence-corrected chi connectivity index (χ2v) is 6.68. The minimum Gasteiger partial charge on any atom is -0.508 e. The fourth-order valence-electron chi connectivity index (χ4n) is 2.87. The summed E-state index contributed by atoms with van der Waals surface area (Å²) in [5, 5.41) is 10.3.